The molecule has 0 spiro atoms. The summed E-state index contributed by atoms with van der Waals surface area (Å²) in [7, 11) is 0. The summed E-state index contributed by atoms with van der Waals surface area (Å²) in [6.45, 7) is 0. The van der Waals surface area contributed by atoms with E-state index in [9.17, 15) is 9.18 Å². The van der Waals surface area contributed by atoms with Crippen LogP contribution in [0.1, 0.15) is 5.56 Å². The van der Waals surface area contributed by atoms with Gasteiger partial charge in [0.15, 0.2) is 5.16 Å². The van der Waals surface area contributed by atoms with Gasteiger partial charge in [0.25, 0.3) is 0 Å². The molecule has 0 aliphatic rings. The van der Waals surface area contributed by atoms with Crippen molar-refractivity contribution in [2.45, 2.75) is 10.9 Å². The fourth-order valence-electron chi connectivity index (χ4n) is 2.41. The van der Waals surface area contributed by atoms with E-state index >= 15 is 0 Å². The van der Waals surface area contributed by atoms with Crippen molar-refractivity contribution in [2.75, 3.05) is 0 Å². The zero-order valence-corrected chi connectivity index (χ0v) is 14.6. The van der Waals surface area contributed by atoms with Gasteiger partial charge in [-0.05, 0) is 36.4 Å². The van der Waals surface area contributed by atoms with E-state index < -0.39 is 0 Å². The average Bonchev–Trinajstić information content (AvgIpc) is 2.95. The third kappa shape index (κ3) is 2.97. The van der Waals surface area contributed by atoms with Crippen molar-refractivity contribution in [3.63, 3.8) is 0 Å². The molecule has 0 aliphatic carbocycles. The van der Waals surface area contributed by atoms with E-state index in [0.717, 1.165) is 15.4 Å². The zero-order chi connectivity index (χ0) is 16.7. The lowest BCUT2D eigenvalue weighted by Gasteiger charge is -2.01. The molecular formula is C17H10BrFN2O2S. The van der Waals surface area contributed by atoms with Crippen LogP contribution < -0.4 is 5.63 Å². The van der Waals surface area contributed by atoms with E-state index in [0.29, 0.717) is 27.6 Å². The van der Waals surface area contributed by atoms with Crippen molar-refractivity contribution >= 4 is 49.7 Å². The second-order valence-corrected chi connectivity index (χ2v) is 7.11. The predicted molar refractivity (Wildman–Crippen MR) is 95.8 cm³/mol. The number of imidazole rings is 1. The second kappa shape index (κ2) is 6.07. The highest BCUT2D eigenvalue weighted by Gasteiger charge is 2.09. The first-order chi connectivity index (χ1) is 11.6. The maximum atomic E-state index is 13.2. The highest BCUT2D eigenvalue weighted by Crippen LogP contribution is 2.25. The number of nitrogens with one attached hydrogen (secondary N) is 1. The normalized spacial score (nSPS) is 11.4. The van der Waals surface area contributed by atoms with Gasteiger partial charge in [0.1, 0.15) is 11.4 Å². The Morgan fingerprint density at radius 1 is 1.21 bits per heavy atom. The number of aromatic amines is 1. The van der Waals surface area contributed by atoms with Crippen LogP contribution in [0.2, 0.25) is 0 Å². The quantitative estimate of drug-likeness (QED) is 0.391. The molecule has 2 heterocycles. The summed E-state index contributed by atoms with van der Waals surface area (Å²) in [6.07, 6.45) is 0. The zero-order valence-electron chi connectivity index (χ0n) is 12.2. The molecule has 2 aromatic heterocycles. The maximum Gasteiger partial charge on any atom is 0.340 e. The summed E-state index contributed by atoms with van der Waals surface area (Å²) < 4.78 is 19.5. The molecule has 0 saturated heterocycles. The van der Waals surface area contributed by atoms with E-state index in [-0.39, 0.29) is 11.4 Å². The van der Waals surface area contributed by atoms with Crippen molar-refractivity contribution in [1.82, 2.24) is 9.97 Å². The van der Waals surface area contributed by atoms with Gasteiger partial charge >= 0.3 is 5.63 Å². The van der Waals surface area contributed by atoms with Gasteiger partial charge in [-0.3, -0.25) is 0 Å². The molecular weight excluding hydrogens is 395 g/mol. The molecule has 2 aromatic carbocycles. The van der Waals surface area contributed by atoms with Crippen LogP contribution in [0.5, 0.6) is 0 Å². The number of rotatable bonds is 3. The number of halogens is 2. The highest BCUT2D eigenvalue weighted by molar-refractivity contribution is 9.10. The van der Waals surface area contributed by atoms with Crippen molar-refractivity contribution < 1.29 is 8.81 Å². The monoisotopic (exact) mass is 404 g/mol. The van der Waals surface area contributed by atoms with Gasteiger partial charge in [-0.1, -0.05) is 27.7 Å². The minimum Gasteiger partial charge on any atom is -0.423 e. The van der Waals surface area contributed by atoms with Crippen molar-refractivity contribution in [3.8, 4) is 0 Å². The largest absolute Gasteiger partial charge is 0.423 e. The molecule has 0 atom stereocenters. The van der Waals surface area contributed by atoms with E-state index in [2.05, 4.69) is 25.9 Å². The molecule has 0 radical (unpaired) electrons. The number of aromatic nitrogens is 2. The number of fused-ring (bicyclic) bond motifs is 2. The van der Waals surface area contributed by atoms with Crippen LogP contribution in [0.15, 0.2) is 61.3 Å². The van der Waals surface area contributed by atoms with Crippen LogP contribution in [0.25, 0.3) is 22.0 Å². The van der Waals surface area contributed by atoms with E-state index in [1.54, 1.807) is 12.1 Å². The lowest BCUT2D eigenvalue weighted by Crippen LogP contribution is -2.05. The molecule has 0 bridgehead atoms. The van der Waals surface area contributed by atoms with E-state index in [1.165, 1.54) is 23.9 Å². The fraction of sp³-hybridized carbons (Fsp3) is 0.0588. The Morgan fingerprint density at radius 2 is 2.08 bits per heavy atom. The minimum atomic E-state index is -0.362. The van der Waals surface area contributed by atoms with Gasteiger partial charge in [-0.25, -0.2) is 14.2 Å². The standard InChI is InChI=1S/C17H10BrFN2O2S/c18-11-1-4-15-9(6-11)5-10(16(22)23-15)8-24-17-20-13-3-2-12(19)7-14(13)21-17/h1-7H,8H2,(H,20,21). The van der Waals surface area contributed by atoms with Crippen LogP contribution in [-0.2, 0) is 5.75 Å². The summed E-state index contributed by atoms with van der Waals surface area (Å²) >= 11 is 4.78. The topological polar surface area (TPSA) is 58.9 Å². The predicted octanol–water partition coefficient (Wildman–Crippen LogP) is 4.86. The average molecular weight is 405 g/mol. The molecule has 0 saturated carbocycles. The lowest BCUT2D eigenvalue weighted by molar-refractivity contribution is 0.554. The van der Waals surface area contributed by atoms with E-state index in [1.807, 2.05) is 18.2 Å². The first-order valence-electron chi connectivity index (χ1n) is 7.09. The number of H-pyrrole nitrogens is 1. The molecule has 4 nitrogen and oxygen atoms in total. The van der Waals surface area contributed by atoms with Gasteiger partial charge < -0.3 is 9.40 Å². The van der Waals surface area contributed by atoms with Gasteiger partial charge in [0, 0.05) is 27.2 Å². The first-order valence-corrected chi connectivity index (χ1v) is 8.87. The maximum absolute atomic E-state index is 13.2. The first kappa shape index (κ1) is 15.4. The van der Waals surface area contributed by atoms with Crippen LogP contribution in [-0.4, -0.2) is 9.97 Å². The van der Waals surface area contributed by atoms with Crippen LogP contribution >= 0.6 is 27.7 Å². The smallest absolute Gasteiger partial charge is 0.340 e. The lowest BCUT2D eigenvalue weighted by atomic mass is 10.2. The molecule has 1 N–H and O–H groups in total. The molecule has 0 aliphatic heterocycles. The molecule has 0 amide bonds. The van der Waals surface area contributed by atoms with E-state index in [4.69, 9.17) is 4.42 Å². The summed E-state index contributed by atoms with van der Waals surface area (Å²) in [6, 6.07) is 11.7. The van der Waals surface area contributed by atoms with Crippen molar-refractivity contribution in [2.24, 2.45) is 0 Å². The van der Waals surface area contributed by atoms with Crippen LogP contribution in [0, 0.1) is 5.82 Å². The molecule has 0 unspecified atom stereocenters. The SMILES string of the molecule is O=c1oc2ccc(Br)cc2cc1CSc1nc2cc(F)ccc2[nH]1. The van der Waals surface area contributed by atoms with Crippen molar-refractivity contribution in [3.05, 3.63) is 68.7 Å². The van der Waals surface area contributed by atoms with Crippen LogP contribution in [0.4, 0.5) is 4.39 Å². The Bertz CT molecular complexity index is 1120. The minimum absolute atomic E-state index is 0.327. The third-order valence-electron chi connectivity index (χ3n) is 3.55. The summed E-state index contributed by atoms with van der Waals surface area (Å²) in [4.78, 5) is 19.5. The summed E-state index contributed by atoms with van der Waals surface area (Å²) in [5.74, 6) is 0.0823. The molecule has 4 aromatic rings. The molecule has 0 fully saturated rings. The van der Waals surface area contributed by atoms with Gasteiger partial charge in [0.05, 0.1) is 11.0 Å². The Hall–Kier alpha value is -2.12. The van der Waals surface area contributed by atoms with Crippen molar-refractivity contribution in [1.29, 1.82) is 0 Å². The molecule has 4 rings (SSSR count). The number of thioether (sulfide) groups is 1. The summed E-state index contributed by atoms with van der Waals surface area (Å²) in [5.41, 5.74) is 2.06. The Morgan fingerprint density at radius 3 is 2.96 bits per heavy atom. The Labute approximate surface area is 148 Å². The number of hydrogen-bond acceptors (Lipinski definition) is 4. The Kier molecular flexibility index (Phi) is 3.90. The summed E-state index contributed by atoms with van der Waals surface area (Å²) in [5, 5.41) is 1.48. The Balaban J connectivity index is 1.63. The number of nitrogens with zero attached hydrogens (tertiary/aromatic N) is 1. The van der Waals surface area contributed by atoms with Crippen LogP contribution in [0.3, 0.4) is 0 Å². The fourth-order valence-corrected chi connectivity index (χ4v) is 3.62. The third-order valence-corrected chi connectivity index (χ3v) is 4.97. The second-order valence-electron chi connectivity index (χ2n) is 5.23. The highest BCUT2D eigenvalue weighted by atomic mass is 79.9. The van der Waals surface area contributed by atoms with Gasteiger partial charge in [0.2, 0.25) is 0 Å². The molecule has 120 valence electrons. The number of hydrogen-bond donors (Lipinski definition) is 1. The van der Waals surface area contributed by atoms with Gasteiger partial charge in [-0.2, -0.15) is 0 Å². The molecule has 7 heteroatoms. The van der Waals surface area contributed by atoms with Gasteiger partial charge in [-0.15, -0.1) is 0 Å². The number of benzene rings is 2. The molecule has 24 heavy (non-hydrogen) atoms.